The largest absolute Gasteiger partial charge is 0.0776 e. The van der Waals surface area contributed by atoms with Crippen molar-refractivity contribution >= 4 is 0 Å². The van der Waals surface area contributed by atoms with E-state index in [-0.39, 0.29) is 22.3 Å². The van der Waals surface area contributed by atoms with Crippen LogP contribution in [-0.2, 0) is 0 Å². The van der Waals surface area contributed by atoms with E-state index in [9.17, 15) is 0 Å². The summed E-state index contributed by atoms with van der Waals surface area (Å²) in [7, 11) is 0. The second-order valence-corrected chi connectivity index (χ2v) is 11.5. The van der Waals surface area contributed by atoms with Gasteiger partial charge in [-0.2, -0.15) is 0 Å². The Hall–Kier alpha value is 0. The van der Waals surface area contributed by atoms with Gasteiger partial charge in [-0.15, -0.1) is 0 Å². The van der Waals surface area contributed by atoms with E-state index in [0.717, 1.165) is 35.5 Å². The van der Waals surface area contributed by atoms with E-state index < -0.39 is 0 Å². The van der Waals surface area contributed by atoms with E-state index in [4.69, 9.17) is 0 Å². The van der Waals surface area contributed by atoms with Gasteiger partial charge in [0.25, 0.3) is 0 Å². The highest BCUT2D eigenvalue weighted by Crippen LogP contribution is 2.50. The van der Waals surface area contributed by atoms with E-state index >= 15 is 0 Å². The standard InChI is InChI=1S/C17H32.C10H20.3CH4/c1-13-7-5-9-15(11-13)17(3,4)16-10-6-8-14(2)12-16;1-3-9-6-5-7-10(4-2)8-9;;;/h13-16H,5-12H2,1-4H3;9-10H,3-8H2,1-2H3;3*1H4. The average molecular weight is 425 g/mol. The summed E-state index contributed by atoms with van der Waals surface area (Å²) in [5, 5.41) is 0. The van der Waals surface area contributed by atoms with Crippen LogP contribution in [0.25, 0.3) is 0 Å². The highest BCUT2D eigenvalue weighted by molar-refractivity contribution is 4.90. The predicted molar refractivity (Wildman–Crippen MR) is 142 cm³/mol. The van der Waals surface area contributed by atoms with E-state index in [1.165, 1.54) is 89.9 Å². The Balaban J connectivity index is 0. The Morgan fingerprint density at radius 1 is 0.567 bits per heavy atom. The van der Waals surface area contributed by atoms with Crippen molar-refractivity contribution < 1.29 is 0 Å². The molecule has 3 saturated carbocycles. The zero-order chi connectivity index (χ0) is 19.9. The molecule has 6 unspecified atom stereocenters. The van der Waals surface area contributed by atoms with Crippen molar-refractivity contribution in [2.45, 2.75) is 154 Å². The molecule has 0 heterocycles. The van der Waals surface area contributed by atoms with Crippen LogP contribution in [0.3, 0.4) is 0 Å². The van der Waals surface area contributed by atoms with Crippen LogP contribution >= 0.6 is 0 Å². The minimum Gasteiger partial charge on any atom is -0.0776 e. The van der Waals surface area contributed by atoms with E-state index in [2.05, 4.69) is 41.5 Å². The van der Waals surface area contributed by atoms with Crippen LogP contribution in [0.15, 0.2) is 0 Å². The molecule has 0 aromatic carbocycles. The van der Waals surface area contributed by atoms with Crippen LogP contribution < -0.4 is 0 Å². The minimum absolute atomic E-state index is 0. The molecule has 0 aromatic rings. The molecule has 30 heavy (non-hydrogen) atoms. The summed E-state index contributed by atoms with van der Waals surface area (Å²) in [5.74, 6) is 6.10. The molecule has 0 amide bonds. The first-order chi connectivity index (χ1) is 12.9. The summed E-state index contributed by atoms with van der Waals surface area (Å²) in [5.41, 5.74) is 0.601. The van der Waals surface area contributed by atoms with Gasteiger partial charge in [-0.25, -0.2) is 0 Å². The van der Waals surface area contributed by atoms with Crippen LogP contribution in [0, 0.1) is 40.9 Å². The van der Waals surface area contributed by atoms with Gasteiger partial charge in [0.05, 0.1) is 0 Å². The van der Waals surface area contributed by atoms with E-state index in [1.807, 2.05) is 0 Å². The Labute approximate surface area is 194 Å². The van der Waals surface area contributed by atoms with E-state index in [0.29, 0.717) is 5.41 Å². The third-order valence-electron chi connectivity index (χ3n) is 9.02. The molecule has 6 atom stereocenters. The number of hydrogen-bond acceptors (Lipinski definition) is 0. The SMILES string of the molecule is C.C.C.CC1CCCC(C(C)(C)C2CCCC(C)C2)C1.CCC1CCCC(CC)C1. The lowest BCUT2D eigenvalue weighted by atomic mass is 9.59. The summed E-state index contributed by atoms with van der Waals surface area (Å²) in [6, 6.07) is 0. The maximum Gasteiger partial charge on any atom is -0.0297 e. The molecule has 0 nitrogen and oxygen atoms in total. The predicted octanol–water partition coefficient (Wildman–Crippen LogP) is 11.2. The molecule has 3 aliphatic rings. The molecule has 0 aliphatic heterocycles. The van der Waals surface area contributed by atoms with Gasteiger partial charge in [0.2, 0.25) is 0 Å². The van der Waals surface area contributed by atoms with E-state index in [1.54, 1.807) is 0 Å². The molecule has 0 radical (unpaired) electrons. The van der Waals surface area contributed by atoms with Gasteiger partial charge < -0.3 is 0 Å². The molecular weight excluding hydrogens is 360 g/mol. The van der Waals surface area contributed by atoms with Gasteiger partial charge in [0.1, 0.15) is 0 Å². The molecule has 3 aliphatic carbocycles. The highest BCUT2D eigenvalue weighted by Gasteiger charge is 2.40. The minimum atomic E-state index is 0. The Morgan fingerprint density at radius 2 is 0.933 bits per heavy atom. The highest BCUT2D eigenvalue weighted by atomic mass is 14.4. The third kappa shape index (κ3) is 9.65. The lowest BCUT2D eigenvalue weighted by Gasteiger charge is -2.47. The summed E-state index contributed by atoms with van der Waals surface area (Å²) in [4.78, 5) is 0. The van der Waals surface area contributed by atoms with Crippen molar-refractivity contribution in [2.75, 3.05) is 0 Å². The molecule has 3 rings (SSSR count). The van der Waals surface area contributed by atoms with Crippen LogP contribution in [-0.4, -0.2) is 0 Å². The lowest BCUT2D eigenvalue weighted by molar-refractivity contribution is 0.0346. The Morgan fingerprint density at radius 3 is 1.27 bits per heavy atom. The van der Waals surface area contributed by atoms with Gasteiger partial charge >= 0.3 is 0 Å². The first-order valence-corrected chi connectivity index (χ1v) is 12.9. The fourth-order valence-corrected chi connectivity index (χ4v) is 6.70. The molecule has 0 heteroatoms. The number of rotatable bonds is 4. The maximum atomic E-state index is 2.58. The quantitative estimate of drug-likeness (QED) is 0.421. The second-order valence-electron chi connectivity index (χ2n) is 11.5. The fourth-order valence-electron chi connectivity index (χ4n) is 6.70. The summed E-state index contributed by atoms with van der Waals surface area (Å²) in [6.07, 6.45) is 20.8. The summed E-state index contributed by atoms with van der Waals surface area (Å²) in [6.45, 7) is 14.8. The van der Waals surface area contributed by atoms with Crippen molar-refractivity contribution in [3.05, 3.63) is 0 Å². The lowest BCUT2D eigenvalue weighted by Crippen LogP contribution is -2.37. The molecule has 184 valence electrons. The Bertz CT molecular complexity index is 361. The molecular formula is C30H64. The maximum absolute atomic E-state index is 2.58. The van der Waals surface area contributed by atoms with Crippen LogP contribution in [0.1, 0.15) is 154 Å². The molecule has 0 aromatic heterocycles. The zero-order valence-electron chi connectivity index (χ0n) is 19.9. The van der Waals surface area contributed by atoms with Crippen molar-refractivity contribution in [1.29, 1.82) is 0 Å². The summed E-state index contributed by atoms with van der Waals surface area (Å²) < 4.78 is 0. The number of hydrogen-bond donors (Lipinski definition) is 0. The Kier molecular flexibility index (Phi) is 16.9. The van der Waals surface area contributed by atoms with Crippen molar-refractivity contribution in [3.63, 3.8) is 0 Å². The monoisotopic (exact) mass is 425 g/mol. The van der Waals surface area contributed by atoms with Crippen LogP contribution in [0.4, 0.5) is 0 Å². The van der Waals surface area contributed by atoms with Gasteiger partial charge in [0, 0.05) is 0 Å². The third-order valence-corrected chi connectivity index (χ3v) is 9.02. The molecule has 0 bridgehead atoms. The smallest absolute Gasteiger partial charge is 0.0297 e. The normalized spacial score (nSPS) is 34.2. The van der Waals surface area contributed by atoms with Gasteiger partial charge in [0.15, 0.2) is 0 Å². The van der Waals surface area contributed by atoms with Crippen LogP contribution in [0.2, 0.25) is 0 Å². The van der Waals surface area contributed by atoms with Crippen LogP contribution in [0.5, 0.6) is 0 Å². The first-order valence-electron chi connectivity index (χ1n) is 12.9. The van der Waals surface area contributed by atoms with Crippen molar-refractivity contribution in [2.24, 2.45) is 40.9 Å². The molecule has 0 N–H and O–H groups in total. The second kappa shape index (κ2) is 15.7. The van der Waals surface area contributed by atoms with Crippen molar-refractivity contribution in [1.82, 2.24) is 0 Å². The molecule has 3 fully saturated rings. The van der Waals surface area contributed by atoms with Gasteiger partial charge in [-0.05, 0) is 73.0 Å². The fraction of sp³-hybridized carbons (Fsp3) is 1.00. The average Bonchev–Trinajstić information content (AvgIpc) is 2.68. The first kappa shape index (κ1) is 32.2. The van der Waals surface area contributed by atoms with Crippen molar-refractivity contribution in [3.8, 4) is 0 Å². The molecule has 0 saturated heterocycles. The topological polar surface area (TPSA) is 0 Å². The zero-order valence-corrected chi connectivity index (χ0v) is 19.9. The molecule has 0 spiro atoms. The summed E-state index contributed by atoms with van der Waals surface area (Å²) >= 11 is 0. The van der Waals surface area contributed by atoms with Gasteiger partial charge in [-0.3, -0.25) is 0 Å². The van der Waals surface area contributed by atoms with Gasteiger partial charge in [-0.1, -0.05) is 122 Å².